The first-order valence-electron chi connectivity index (χ1n) is 4.10. The quantitative estimate of drug-likeness (QED) is 0.617. The minimum Gasteiger partial charge on any atom is -0.316 e. The van der Waals surface area contributed by atoms with Gasteiger partial charge >= 0.3 is 0 Å². The number of rotatable bonds is 5. The van der Waals surface area contributed by atoms with Crippen molar-refractivity contribution >= 4 is 0 Å². The minimum atomic E-state index is 0.657. The van der Waals surface area contributed by atoms with E-state index in [-0.39, 0.29) is 0 Å². The maximum atomic E-state index is 3.28. The van der Waals surface area contributed by atoms with Gasteiger partial charge < -0.3 is 10.2 Å². The Hall–Kier alpha value is -0.0800. The van der Waals surface area contributed by atoms with Crippen LogP contribution < -0.4 is 5.32 Å². The molecule has 0 bridgehead atoms. The highest BCUT2D eigenvalue weighted by atomic mass is 15.1. The van der Waals surface area contributed by atoms with Crippen molar-refractivity contribution in [3.63, 3.8) is 0 Å². The molecule has 0 saturated carbocycles. The maximum Gasteiger partial charge on any atom is 0.0189 e. The highest BCUT2D eigenvalue weighted by Crippen LogP contribution is 1.92. The van der Waals surface area contributed by atoms with Crippen LogP contribution in [-0.4, -0.2) is 38.1 Å². The Morgan fingerprint density at radius 2 is 2.00 bits per heavy atom. The van der Waals surface area contributed by atoms with Crippen LogP contribution in [0, 0.1) is 0 Å². The van der Waals surface area contributed by atoms with E-state index in [0.717, 1.165) is 13.1 Å². The molecular formula is C8H20N2. The van der Waals surface area contributed by atoms with Gasteiger partial charge in [0.2, 0.25) is 0 Å². The number of nitrogens with one attached hydrogen (secondary N) is 1. The molecule has 2 nitrogen and oxygen atoms in total. The molecule has 0 saturated heterocycles. The molecule has 0 aromatic heterocycles. The molecule has 2 heteroatoms. The fourth-order valence-corrected chi connectivity index (χ4v) is 0.930. The summed E-state index contributed by atoms with van der Waals surface area (Å²) in [7, 11) is 4.18. The zero-order valence-electron chi connectivity index (χ0n) is 7.65. The van der Waals surface area contributed by atoms with E-state index in [0.29, 0.717) is 6.04 Å². The highest BCUT2D eigenvalue weighted by molar-refractivity contribution is 4.65. The van der Waals surface area contributed by atoms with Crippen LogP contribution in [-0.2, 0) is 0 Å². The van der Waals surface area contributed by atoms with Gasteiger partial charge in [-0.2, -0.15) is 0 Å². The normalized spacial score (nSPS) is 14.1. The van der Waals surface area contributed by atoms with Gasteiger partial charge in [-0.1, -0.05) is 13.8 Å². The van der Waals surface area contributed by atoms with Crippen LogP contribution in [0.3, 0.4) is 0 Å². The first kappa shape index (κ1) is 9.92. The molecule has 0 aromatic carbocycles. The van der Waals surface area contributed by atoms with Gasteiger partial charge in [-0.05, 0) is 27.1 Å². The molecule has 0 spiro atoms. The molecule has 1 atom stereocenters. The van der Waals surface area contributed by atoms with Crippen molar-refractivity contribution in [1.82, 2.24) is 10.2 Å². The summed E-state index contributed by atoms with van der Waals surface area (Å²) >= 11 is 0. The third kappa shape index (κ3) is 3.85. The first-order valence-corrected chi connectivity index (χ1v) is 4.10. The van der Waals surface area contributed by atoms with Crippen molar-refractivity contribution < 1.29 is 0 Å². The van der Waals surface area contributed by atoms with Crippen LogP contribution in [0.25, 0.3) is 0 Å². The number of likely N-dealkylation sites (N-methyl/N-ethyl adjacent to an activating group) is 2. The lowest BCUT2D eigenvalue weighted by molar-refractivity contribution is 0.304. The fourth-order valence-electron chi connectivity index (χ4n) is 0.930. The predicted octanol–water partition coefficient (Wildman–Crippen LogP) is 0.936. The van der Waals surface area contributed by atoms with Crippen LogP contribution in [0.1, 0.15) is 20.3 Å². The third-order valence-electron chi connectivity index (χ3n) is 1.97. The topological polar surface area (TPSA) is 15.3 Å². The van der Waals surface area contributed by atoms with Gasteiger partial charge in [-0.15, -0.1) is 0 Å². The molecule has 0 aromatic rings. The van der Waals surface area contributed by atoms with E-state index in [2.05, 4.69) is 31.1 Å². The molecular weight excluding hydrogens is 124 g/mol. The standard InChI is InChI=1S/C8H20N2/c1-5-8(9-3)7-10(4)6-2/h8-9H,5-7H2,1-4H3/t8-/m0/s1. The average molecular weight is 144 g/mol. The Morgan fingerprint density at radius 1 is 1.40 bits per heavy atom. The monoisotopic (exact) mass is 144 g/mol. The lowest BCUT2D eigenvalue weighted by atomic mass is 10.2. The van der Waals surface area contributed by atoms with E-state index in [4.69, 9.17) is 0 Å². The molecule has 0 aliphatic carbocycles. The first-order chi connectivity index (χ1) is 4.74. The van der Waals surface area contributed by atoms with E-state index < -0.39 is 0 Å². The second kappa shape index (κ2) is 5.69. The third-order valence-corrected chi connectivity index (χ3v) is 1.97. The van der Waals surface area contributed by atoms with Crippen LogP contribution in [0.5, 0.6) is 0 Å². The van der Waals surface area contributed by atoms with Gasteiger partial charge in [0.05, 0.1) is 0 Å². The second-order valence-electron chi connectivity index (χ2n) is 2.75. The summed E-state index contributed by atoms with van der Waals surface area (Å²) in [5, 5.41) is 3.28. The number of nitrogens with zero attached hydrogens (tertiary/aromatic N) is 1. The van der Waals surface area contributed by atoms with Crippen molar-refractivity contribution in [1.29, 1.82) is 0 Å². The van der Waals surface area contributed by atoms with Gasteiger partial charge in [0.15, 0.2) is 0 Å². The fraction of sp³-hybridized carbons (Fsp3) is 1.00. The van der Waals surface area contributed by atoms with E-state index in [1.54, 1.807) is 0 Å². The Balaban J connectivity index is 3.41. The predicted molar refractivity (Wildman–Crippen MR) is 46.3 cm³/mol. The Morgan fingerprint density at radius 3 is 2.30 bits per heavy atom. The molecule has 0 rings (SSSR count). The van der Waals surface area contributed by atoms with Gasteiger partial charge in [-0.3, -0.25) is 0 Å². The average Bonchev–Trinajstić information content (AvgIpc) is 1.99. The largest absolute Gasteiger partial charge is 0.316 e. The summed E-state index contributed by atoms with van der Waals surface area (Å²) < 4.78 is 0. The molecule has 0 heterocycles. The Labute approximate surface area is 64.6 Å². The van der Waals surface area contributed by atoms with E-state index in [9.17, 15) is 0 Å². The molecule has 0 unspecified atom stereocenters. The van der Waals surface area contributed by atoms with Crippen molar-refractivity contribution in [3.05, 3.63) is 0 Å². The van der Waals surface area contributed by atoms with Crippen LogP contribution in [0.4, 0.5) is 0 Å². The number of hydrogen-bond acceptors (Lipinski definition) is 2. The summed E-state index contributed by atoms with van der Waals surface area (Å²) in [6.07, 6.45) is 1.21. The van der Waals surface area contributed by atoms with Gasteiger partial charge in [0.1, 0.15) is 0 Å². The summed E-state index contributed by atoms with van der Waals surface area (Å²) in [4.78, 5) is 2.32. The van der Waals surface area contributed by atoms with Crippen LogP contribution >= 0.6 is 0 Å². The summed E-state index contributed by atoms with van der Waals surface area (Å²) in [6.45, 7) is 6.69. The van der Waals surface area contributed by atoms with E-state index >= 15 is 0 Å². The van der Waals surface area contributed by atoms with E-state index in [1.807, 2.05) is 7.05 Å². The zero-order chi connectivity index (χ0) is 7.98. The molecule has 1 N–H and O–H groups in total. The van der Waals surface area contributed by atoms with E-state index in [1.165, 1.54) is 6.42 Å². The molecule has 0 aliphatic rings. The van der Waals surface area contributed by atoms with Crippen molar-refractivity contribution in [2.45, 2.75) is 26.3 Å². The molecule has 0 aliphatic heterocycles. The molecule has 0 radical (unpaired) electrons. The summed E-state index contributed by atoms with van der Waals surface area (Å²) in [5.41, 5.74) is 0. The van der Waals surface area contributed by atoms with Crippen LogP contribution in [0.15, 0.2) is 0 Å². The van der Waals surface area contributed by atoms with Crippen molar-refractivity contribution in [2.24, 2.45) is 0 Å². The SMILES string of the molecule is CC[C@@H](CN(C)CC)NC. The number of hydrogen-bond donors (Lipinski definition) is 1. The lowest BCUT2D eigenvalue weighted by Gasteiger charge is -2.20. The summed E-state index contributed by atoms with van der Waals surface area (Å²) in [5.74, 6) is 0. The van der Waals surface area contributed by atoms with Gasteiger partial charge in [0, 0.05) is 12.6 Å². The van der Waals surface area contributed by atoms with Crippen molar-refractivity contribution in [3.8, 4) is 0 Å². The smallest absolute Gasteiger partial charge is 0.0189 e. The Bertz CT molecular complexity index is 69.7. The second-order valence-corrected chi connectivity index (χ2v) is 2.75. The molecule has 0 fully saturated rings. The summed E-state index contributed by atoms with van der Waals surface area (Å²) in [6, 6.07) is 0.657. The maximum absolute atomic E-state index is 3.28. The zero-order valence-corrected chi connectivity index (χ0v) is 7.65. The van der Waals surface area contributed by atoms with Crippen LogP contribution in [0.2, 0.25) is 0 Å². The van der Waals surface area contributed by atoms with Gasteiger partial charge in [0.25, 0.3) is 0 Å². The molecule has 0 amide bonds. The molecule has 10 heavy (non-hydrogen) atoms. The lowest BCUT2D eigenvalue weighted by Crippen LogP contribution is -2.36. The Kier molecular flexibility index (Phi) is 5.64. The van der Waals surface area contributed by atoms with Crippen molar-refractivity contribution in [2.75, 3.05) is 27.2 Å². The highest BCUT2D eigenvalue weighted by Gasteiger charge is 2.03. The van der Waals surface area contributed by atoms with Gasteiger partial charge in [-0.25, -0.2) is 0 Å². The molecule has 62 valence electrons. The minimum absolute atomic E-state index is 0.657.